The standard InChI is InChI=1S/C22H25N5O2S/c1-14-6-8-25(9-7-14)19(28)11-17-13-30-22-24-20-18(21(29)26(17)22)12-23-27(20)16-5-3-4-15(2)10-16/h3-5,10,12,14,17H,6-9,11,13H2,1-2H3. The van der Waals surface area contributed by atoms with Gasteiger partial charge in [0.15, 0.2) is 10.8 Å². The van der Waals surface area contributed by atoms with Crippen LogP contribution in [0.25, 0.3) is 16.7 Å². The van der Waals surface area contributed by atoms with Gasteiger partial charge in [0.1, 0.15) is 5.39 Å². The lowest BCUT2D eigenvalue weighted by molar-refractivity contribution is -0.133. The Morgan fingerprint density at radius 1 is 1.27 bits per heavy atom. The van der Waals surface area contributed by atoms with Gasteiger partial charge in [-0.05, 0) is 43.4 Å². The van der Waals surface area contributed by atoms with Crippen LogP contribution >= 0.6 is 11.8 Å². The van der Waals surface area contributed by atoms with Gasteiger partial charge < -0.3 is 4.90 Å². The number of nitrogens with zero attached hydrogens (tertiary/aromatic N) is 5. The van der Waals surface area contributed by atoms with Crippen LogP contribution in [0.4, 0.5) is 0 Å². The normalized spacial score (nSPS) is 19.4. The van der Waals surface area contributed by atoms with Gasteiger partial charge in [0, 0.05) is 25.3 Å². The molecular weight excluding hydrogens is 398 g/mol. The summed E-state index contributed by atoms with van der Waals surface area (Å²) in [7, 11) is 0. The quantitative estimate of drug-likeness (QED) is 0.605. The Kier molecular flexibility index (Phi) is 4.89. The predicted octanol–water partition coefficient (Wildman–Crippen LogP) is 3.19. The molecule has 1 amide bonds. The van der Waals surface area contributed by atoms with Gasteiger partial charge in [0.2, 0.25) is 5.91 Å². The third kappa shape index (κ3) is 3.33. The molecule has 3 aromatic rings. The van der Waals surface area contributed by atoms with E-state index in [9.17, 15) is 9.59 Å². The summed E-state index contributed by atoms with van der Waals surface area (Å²) in [5.74, 6) is 1.52. The van der Waals surface area contributed by atoms with Crippen LogP contribution in [-0.2, 0) is 4.79 Å². The number of fused-ring (bicyclic) bond motifs is 2. The summed E-state index contributed by atoms with van der Waals surface area (Å²) >= 11 is 1.54. The average Bonchev–Trinajstić information content (AvgIpc) is 3.33. The van der Waals surface area contributed by atoms with Crippen molar-refractivity contribution >= 4 is 28.7 Å². The molecule has 7 nitrogen and oxygen atoms in total. The molecule has 30 heavy (non-hydrogen) atoms. The lowest BCUT2D eigenvalue weighted by atomic mass is 9.99. The molecule has 4 heterocycles. The largest absolute Gasteiger partial charge is 0.343 e. The van der Waals surface area contributed by atoms with E-state index in [1.165, 1.54) is 0 Å². The summed E-state index contributed by atoms with van der Waals surface area (Å²) in [6.45, 7) is 5.90. The number of carbonyl (C=O) groups is 1. The third-order valence-electron chi connectivity index (χ3n) is 6.16. The minimum atomic E-state index is -0.149. The summed E-state index contributed by atoms with van der Waals surface area (Å²) in [5.41, 5.74) is 2.47. The van der Waals surface area contributed by atoms with E-state index in [-0.39, 0.29) is 17.5 Å². The molecule has 1 unspecified atom stereocenters. The summed E-state index contributed by atoms with van der Waals surface area (Å²) in [4.78, 5) is 32.8. The first-order valence-corrected chi connectivity index (χ1v) is 11.5. The first-order valence-electron chi connectivity index (χ1n) is 10.5. The number of hydrogen-bond acceptors (Lipinski definition) is 5. The van der Waals surface area contributed by atoms with Crippen molar-refractivity contribution in [1.82, 2.24) is 24.2 Å². The first-order chi connectivity index (χ1) is 14.5. The van der Waals surface area contributed by atoms with E-state index < -0.39 is 0 Å². The number of amides is 1. The number of aromatic nitrogens is 4. The molecule has 0 aliphatic carbocycles. The van der Waals surface area contributed by atoms with E-state index in [4.69, 9.17) is 4.98 Å². The second-order valence-corrected chi connectivity index (χ2v) is 9.42. The van der Waals surface area contributed by atoms with Crippen molar-refractivity contribution in [3.05, 3.63) is 46.4 Å². The number of piperidine rings is 1. The highest BCUT2D eigenvalue weighted by atomic mass is 32.2. The Bertz CT molecular complexity index is 1180. The van der Waals surface area contributed by atoms with E-state index >= 15 is 0 Å². The van der Waals surface area contributed by atoms with E-state index in [1.807, 2.05) is 36.1 Å². The average molecular weight is 424 g/mol. The summed E-state index contributed by atoms with van der Waals surface area (Å²) in [5, 5.41) is 5.60. The topological polar surface area (TPSA) is 73.0 Å². The second kappa shape index (κ2) is 7.58. The van der Waals surface area contributed by atoms with Gasteiger partial charge in [0.05, 0.1) is 17.9 Å². The maximum Gasteiger partial charge on any atom is 0.265 e. The van der Waals surface area contributed by atoms with Crippen molar-refractivity contribution in [2.45, 2.75) is 44.3 Å². The van der Waals surface area contributed by atoms with Crippen LogP contribution in [0.1, 0.15) is 37.8 Å². The molecule has 8 heteroatoms. The number of thioether (sulfide) groups is 1. The van der Waals surface area contributed by atoms with Gasteiger partial charge in [-0.3, -0.25) is 14.2 Å². The number of rotatable bonds is 3. The summed E-state index contributed by atoms with van der Waals surface area (Å²) in [6, 6.07) is 7.82. The van der Waals surface area contributed by atoms with Crippen LogP contribution in [0.2, 0.25) is 0 Å². The van der Waals surface area contributed by atoms with Crippen LogP contribution in [0, 0.1) is 12.8 Å². The van der Waals surface area contributed by atoms with Crippen LogP contribution in [-0.4, -0.2) is 49.0 Å². The van der Waals surface area contributed by atoms with E-state index in [0.717, 1.165) is 37.2 Å². The number of benzene rings is 1. The zero-order chi connectivity index (χ0) is 20.8. The minimum absolute atomic E-state index is 0.107. The summed E-state index contributed by atoms with van der Waals surface area (Å²) in [6.07, 6.45) is 4.06. The molecule has 5 rings (SSSR count). The SMILES string of the molecule is Cc1cccc(-n2ncc3c(=O)n4c(nc32)SCC4CC(=O)N2CCC(C)CC2)c1. The minimum Gasteiger partial charge on any atom is -0.343 e. The zero-order valence-electron chi connectivity index (χ0n) is 17.2. The van der Waals surface area contributed by atoms with Crippen LogP contribution in [0.5, 0.6) is 0 Å². The molecule has 1 atom stereocenters. The Labute approximate surface area is 179 Å². The van der Waals surface area contributed by atoms with E-state index in [2.05, 4.69) is 12.0 Å². The molecule has 1 saturated heterocycles. The van der Waals surface area contributed by atoms with Crippen LogP contribution in [0.3, 0.4) is 0 Å². The predicted molar refractivity (Wildman–Crippen MR) is 117 cm³/mol. The Balaban J connectivity index is 1.46. The fraction of sp³-hybridized carbons (Fsp3) is 0.455. The van der Waals surface area contributed by atoms with Crippen molar-refractivity contribution in [2.75, 3.05) is 18.8 Å². The molecule has 0 bridgehead atoms. The first kappa shape index (κ1) is 19.4. The van der Waals surface area contributed by atoms with Crippen molar-refractivity contribution in [3.8, 4) is 5.69 Å². The van der Waals surface area contributed by atoms with Crippen molar-refractivity contribution < 1.29 is 4.79 Å². The van der Waals surface area contributed by atoms with Gasteiger partial charge in [-0.1, -0.05) is 30.8 Å². The third-order valence-corrected chi connectivity index (χ3v) is 7.26. The fourth-order valence-corrected chi connectivity index (χ4v) is 5.45. The number of aryl methyl sites for hydroxylation is 1. The van der Waals surface area contributed by atoms with Crippen molar-refractivity contribution in [3.63, 3.8) is 0 Å². The van der Waals surface area contributed by atoms with Gasteiger partial charge in [-0.2, -0.15) is 5.10 Å². The zero-order valence-corrected chi connectivity index (χ0v) is 18.1. The fourth-order valence-electron chi connectivity index (χ4n) is 4.32. The Morgan fingerprint density at radius 2 is 2.07 bits per heavy atom. The molecule has 1 fully saturated rings. The number of carbonyl (C=O) groups excluding carboxylic acids is 1. The van der Waals surface area contributed by atoms with Crippen molar-refractivity contribution in [1.29, 1.82) is 0 Å². The highest BCUT2D eigenvalue weighted by Gasteiger charge is 2.31. The van der Waals surface area contributed by atoms with Gasteiger partial charge in [-0.25, -0.2) is 9.67 Å². The molecule has 2 aromatic heterocycles. The molecule has 0 radical (unpaired) electrons. The maximum atomic E-state index is 13.3. The number of hydrogen-bond donors (Lipinski definition) is 0. The van der Waals surface area contributed by atoms with Gasteiger partial charge >= 0.3 is 0 Å². The Morgan fingerprint density at radius 3 is 2.83 bits per heavy atom. The lowest BCUT2D eigenvalue weighted by Crippen LogP contribution is -2.39. The molecule has 2 aliphatic heterocycles. The highest BCUT2D eigenvalue weighted by molar-refractivity contribution is 7.99. The monoisotopic (exact) mass is 423 g/mol. The van der Waals surface area contributed by atoms with Crippen LogP contribution < -0.4 is 5.56 Å². The van der Waals surface area contributed by atoms with E-state index in [0.29, 0.717) is 34.3 Å². The molecule has 2 aliphatic rings. The van der Waals surface area contributed by atoms with Crippen molar-refractivity contribution in [2.24, 2.45) is 5.92 Å². The highest BCUT2D eigenvalue weighted by Crippen LogP contribution is 2.34. The maximum absolute atomic E-state index is 13.3. The smallest absolute Gasteiger partial charge is 0.265 e. The van der Waals surface area contributed by atoms with Gasteiger partial charge in [-0.15, -0.1) is 0 Å². The molecule has 1 aromatic carbocycles. The molecule has 0 N–H and O–H groups in total. The molecule has 0 saturated carbocycles. The Hall–Kier alpha value is -2.61. The molecular formula is C22H25N5O2S. The molecule has 0 spiro atoms. The number of likely N-dealkylation sites (tertiary alicyclic amines) is 1. The van der Waals surface area contributed by atoms with Gasteiger partial charge in [0.25, 0.3) is 5.56 Å². The second-order valence-electron chi connectivity index (χ2n) is 8.43. The van der Waals surface area contributed by atoms with Crippen LogP contribution in [0.15, 0.2) is 40.4 Å². The van der Waals surface area contributed by atoms with E-state index in [1.54, 1.807) is 27.2 Å². The molecule has 156 valence electrons. The summed E-state index contributed by atoms with van der Waals surface area (Å²) < 4.78 is 3.43. The lowest BCUT2D eigenvalue weighted by Gasteiger charge is -2.31.